The number of para-hydroxylation sites is 1. The van der Waals surface area contributed by atoms with Crippen LogP contribution in [-0.4, -0.2) is 25.5 Å². The van der Waals surface area contributed by atoms with Crippen molar-refractivity contribution in [2.24, 2.45) is 5.92 Å². The predicted molar refractivity (Wildman–Crippen MR) is 111 cm³/mol. The highest BCUT2D eigenvalue weighted by atomic mass is 16.5. The van der Waals surface area contributed by atoms with Crippen LogP contribution in [0.15, 0.2) is 63.6 Å². The molecule has 1 saturated heterocycles. The minimum atomic E-state index is -0.740. The number of rotatable bonds is 5. The average molecular weight is 404 g/mol. The topological polar surface area (TPSA) is 84.9 Å². The standard InChI is InChI=1S/C23H20N2O5/c1-28-21-11-17-15-6-2-3-7-19(15)30-20(17)12-18(21)25-9-8-16(23(25)27)22(26)24-13-14-5-4-10-29-14/h2-7,10-12,16H,8-9,13H2,1H3,(H,24,26). The van der Waals surface area contributed by atoms with E-state index in [0.29, 0.717) is 35.7 Å². The van der Waals surface area contributed by atoms with E-state index in [4.69, 9.17) is 13.6 Å². The van der Waals surface area contributed by atoms with Crippen molar-refractivity contribution in [3.63, 3.8) is 0 Å². The van der Waals surface area contributed by atoms with Crippen LogP contribution in [0.4, 0.5) is 5.69 Å². The van der Waals surface area contributed by atoms with Crippen molar-refractivity contribution < 1.29 is 23.2 Å². The summed E-state index contributed by atoms with van der Waals surface area (Å²) in [5, 5.41) is 4.68. The lowest BCUT2D eigenvalue weighted by molar-refractivity contribution is -0.132. The zero-order chi connectivity index (χ0) is 20.7. The molecule has 30 heavy (non-hydrogen) atoms. The molecule has 0 aliphatic carbocycles. The van der Waals surface area contributed by atoms with Gasteiger partial charge >= 0.3 is 0 Å². The van der Waals surface area contributed by atoms with Gasteiger partial charge in [-0.15, -0.1) is 0 Å². The van der Waals surface area contributed by atoms with Crippen LogP contribution in [0.5, 0.6) is 5.75 Å². The molecular weight excluding hydrogens is 384 g/mol. The highest BCUT2D eigenvalue weighted by molar-refractivity contribution is 6.12. The van der Waals surface area contributed by atoms with Crippen LogP contribution in [0.2, 0.25) is 0 Å². The lowest BCUT2D eigenvalue weighted by Crippen LogP contribution is -2.36. The third-order valence-corrected chi connectivity index (χ3v) is 5.51. The fraction of sp³-hybridized carbons (Fsp3) is 0.217. The van der Waals surface area contributed by atoms with E-state index in [1.165, 1.54) is 0 Å². The van der Waals surface area contributed by atoms with E-state index in [0.717, 1.165) is 16.4 Å². The molecule has 5 rings (SSSR count). The highest BCUT2D eigenvalue weighted by Crippen LogP contribution is 2.40. The number of carbonyl (C=O) groups is 2. The van der Waals surface area contributed by atoms with Crippen LogP contribution >= 0.6 is 0 Å². The Morgan fingerprint density at radius 1 is 1.17 bits per heavy atom. The normalized spacial score (nSPS) is 16.5. The zero-order valence-corrected chi connectivity index (χ0v) is 16.4. The maximum absolute atomic E-state index is 13.0. The van der Waals surface area contributed by atoms with Crippen molar-refractivity contribution in [2.45, 2.75) is 13.0 Å². The summed E-state index contributed by atoms with van der Waals surface area (Å²) in [6.45, 7) is 0.684. The summed E-state index contributed by atoms with van der Waals surface area (Å²) in [5.74, 6) is -0.0823. The van der Waals surface area contributed by atoms with Gasteiger partial charge < -0.3 is 23.8 Å². The summed E-state index contributed by atoms with van der Waals surface area (Å²) in [6, 6.07) is 15.0. The van der Waals surface area contributed by atoms with Gasteiger partial charge in [0.2, 0.25) is 11.8 Å². The predicted octanol–water partition coefficient (Wildman–Crippen LogP) is 3.86. The van der Waals surface area contributed by atoms with Crippen LogP contribution < -0.4 is 15.0 Å². The molecule has 1 unspecified atom stereocenters. The summed E-state index contributed by atoms with van der Waals surface area (Å²) in [5.41, 5.74) is 2.05. The van der Waals surface area contributed by atoms with Gasteiger partial charge in [-0.2, -0.15) is 0 Å². The van der Waals surface area contributed by atoms with Crippen LogP contribution in [-0.2, 0) is 16.1 Å². The van der Waals surface area contributed by atoms with Gasteiger partial charge in [0, 0.05) is 23.4 Å². The number of ether oxygens (including phenoxy) is 1. The molecule has 0 radical (unpaired) electrons. The number of carbonyl (C=O) groups excluding carboxylic acids is 2. The molecule has 0 bridgehead atoms. The van der Waals surface area contributed by atoms with Crippen LogP contribution in [0, 0.1) is 5.92 Å². The largest absolute Gasteiger partial charge is 0.495 e. The number of furan rings is 2. The summed E-state index contributed by atoms with van der Waals surface area (Å²) in [6.07, 6.45) is 1.98. The Kier molecular flexibility index (Phi) is 4.43. The number of fused-ring (bicyclic) bond motifs is 3. The molecule has 7 nitrogen and oxygen atoms in total. The van der Waals surface area contributed by atoms with Crippen LogP contribution in [0.25, 0.3) is 21.9 Å². The van der Waals surface area contributed by atoms with Crippen molar-refractivity contribution in [1.29, 1.82) is 0 Å². The van der Waals surface area contributed by atoms with Crippen LogP contribution in [0.3, 0.4) is 0 Å². The number of hydrogen-bond acceptors (Lipinski definition) is 5. The highest BCUT2D eigenvalue weighted by Gasteiger charge is 2.38. The second-order valence-corrected chi connectivity index (χ2v) is 7.25. The Morgan fingerprint density at radius 2 is 2.03 bits per heavy atom. The number of nitrogens with one attached hydrogen (secondary N) is 1. The lowest BCUT2D eigenvalue weighted by Gasteiger charge is -2.19. The average Bonchev–Trinajstić information content (AvgIpc) is 3.49. The molecule has 2 amide bonds. The fourth-order valence-corrected chi connectivity index (χ4v) is 3.99. The molecule has 1 aliphatic rings. The maximum atomic E-state index is 13.0. The first kappa shape index (κ1) is 18.3. The summed E-state index contributed by atoms with van der Waals surface area (Å²) in [4.78, 5) is 27.2. The van der Waals surface area contributed by atoms with Gasteiger partial charge in [-0.05, 0) is 30.7 Å². The van der Waals surface area contributed by atoms with E-state index in [-0.39, 0.29) is 18.4 Å². The smallest absolute Gasteiger partial charge is 0.239 e. The zero-order valence-electron chi connectivity index (χ0n) is 16.4. The molecule has 3 heterocycles. The molecule has 0 saturated carbocycles. The third kappa shape index (κ3) is 2.99. The van der Waals surface area contributed by atoms with E-state index >= 15 is 0 Å². The number of hydrogen-bond donors (Lipinski definition) is 1. The van der Waals surface area contributed by atoms with Gasteiger partial charge in [-0.1, -0.05) is 18.2 Å². The third-order valence-electron chi connectivity index (χ3n) is 5.51. The summed E-state index contributed by atoms with van der Waals surface area (Å²) < 4.78 is 16.8. The van der Waals surface area contributed by atoms with Gasteiger partial charge in [0.1, 0.15) is 28.6 Å². The summed E-state index contributed by atoms with van der Waals surface area (Å²) >= 11 is 0. The van der Waals surface area contributed by atoms with Crippen molar-refractivity contribution in [3.05, 3.63) is 60.6 Å². The molecule has 4 aromatic rings. The van der Waals surface area contributed by atoms with Crippen molar-refractivity contribution >= 4 is 39.4 Å². The van der Waals surface area contributed by atoms with Crippen LogP contribution in [0.1, 0.15) is 12.2 Å². The molecule has 7 heteroatoms. The molecule has 1 atom stereocenters. The first-order valence-corrected chi connectivity index (χ1v) is 9.76. The lowest BCUT2D eigenvalue weighted by atomic mass is 10.1. The first-order chi connectivity index (χ1) is 14.7. The quantitative estimate of drug-likeness (QED) is 0.511. The molecule has 0 spiro atoms. The molecular formula is C23H20N2O5. The Balaban J connectivity index is 1.42. The van der Waals surface area contributed by atoms with E-state index < -0.39 is 5.92 Å². The van der Waals surface area contributed by atoms with Crippen molar-refractivity contribution in [2.75, 3.05) is 18.6 Å². The van der Waals surface area contributed by atoms with Gasteiger partial charge in [-0.3, -0.25) is 9.59 Å². The fourth-order valence-electron chi connectivity index (χ4n) is 3.99. The monoisotopic (exact) mass is 404 g/mol. The van der Waals surface area contributed by atoms with E-state index in [1.54, 1.807) is 30.4 Å². The maximum Gasteiger partial charge on any atom is 0.239 e. The van der Waals surface area contributed by atoms with Gasteiger partial charge in [0.05, 0.1) is 25.6 Å². The van der Waals surface area contributed by atoms with Gasteiger partial charge in [0.25, 0.3) is 0 Å². The molecule has 1 fully saturated rings. The Hall–Kier alpha value is -3.74. The summed E-state index contributed by atoms with van der Waals surface area (Å²) in [7, 11) is 1.57. The number of anilines is 1. The minimum Gasteiger partial charge on any atom is -0.495 e. The second kappa shape index (κ2) is 7.26. The SMILES string of the molecule is COc1cc2c(cc1N1CCC(C(=O)NCc3ccco3)C1=O)oc1ccccc12. The van der Waals surface area contributed by atoms with Crippen molar-refractivity contribution in [3.8, 4) is 5.75 Å². The molecule has 152 valence electrons. The Bertz CT molecular complexity index is 1240. The van der Waals surface area contributed by atoms with Gasteiger partial charge in [0.15, 0.2) is 0 Å². The Labute approximate surface area is 172 Å². The molecule has 2 aromatic heterocycles. The number of methoxy groups -OCH3 is 1. The first-order valence-electron chi connectivity index (χ1n) is 9.76. The molecule has 1 aliphatic heterocycles. The van der Waals surface area contributed by atoms with Gasteiger partial charge in [-0.25, -0.2) is 0 Å². The molecule has 1 N–H and O–H groups in total. The Morgan fingerprint density at radius 3 is 2.83 bits per heavy atom. The van der Waals surface area contributed by atoms with E-state index in [9.17, 15) is 9.59 Å². The van der Waals surface area contributed by atoms with E-state index in [2.05, 4.69) is 5.32 Å². The number of nitrogens with zero attached hydrogens (tertiary/aromatic N) is 1. The number of amides is 2. The second-order valence-electron chi connectivity index (χ2n) is 7.25. The van der Waals surface area contributed by atoms with E-state index in [1.807, 2.05) is 36.4 Å². The minimum absolute atomic E-state index is 0.249. The molecule has 2 aromatic carbocycles. The number of benzene rings is 2. The van der Waals surface area contributed by atoms with Crippen molar-refractivity contribution in [1.82, 2.24) is 5.32 Å².